The lowest BCUT2D eigenvalue weighted by Gasteiger charge is -2.04. The summed E-state index contributed by atoms with van der Waals surface area (Å²) in [6, 6.07) is 7.19. The van der Waals surface area contributed by atoms with E-state index in [0.717, 1.165) is 4.52 Å². The van der Waals surface area contributed by atoms with Crippen LogP contribution in [0.4, 0.5) is 0 Å². The monoisotopic (exact) mass is 279 g/mol. The molecular formula is C14H9N5O2. The molecule has 0 spiro atoms. The molecule has 3 aromatic heterocycles. The molecule has 3 aromatic rings. The van der Waals surface area contributed by atoms with Crippen molar-refractivity contribution in [3.05, 3.63) is 45.2 Å². The Kier molecular flexibility index (Phi) is 2.64. The maximum atomic E-state index is 12.4. The fraction of sp³-hybridized carbons (Fsp3) is 0.143. The molecule has 21 heavy (non-hydrogen) atoms. The van der Waals surface area contributed by atoms with E-state index < -0.39 is 5.56 Å². The first kappa shape index (κ1) is 12.7. The lowest BCUT2D eigenvalue weighted by molar-refractivity contribution is 0.548. The third kappa shape index (κ3) is 1.72. The molecular weight excluding hydrogens is 270 g/mol. The van der Waals surface area contributed by atoms with Gasteiger partial charge in [0.25, 0.3) is 5.56 Å². The average molecular weight is 279 g/mol. The van der Waals surface area contributed by atoms with Crippen molar-refractivity contribution in [1.29, 1.82) is 10.5 Å². The van der Waals surface area contributed by atoms with Gasteiger partial charge in [0.2, 0.25) is 0 Å². The minimum atomic E-state index is -0.559. The number of aromatic nitrogens is 3. The highest BCUT2D eigenvalue weighted by Gasteiger charge is 2.23. The van der Waals surface area contributed by atoms with Crippen LogP contribution in [0.15, 0.2) is 21.3 Å². The molecule has 7 nitrogen and oxygen atoms in total. The Morgan fingerprint density at radius 3 is 2.52 bits per heavy atom. The Labute approximate surface area is 118 Å². The normalized spacial score (nSPS) is 10.5. The van der Waals surface area contributed by atoms with E-state index in [2.05, 4.69) is 10.1 Å². The Morgan fingerprint density at radius 1 is 1.24 bits per heavy atom. The van der Waals surface area contributed by atoms with Gasteiger partial charge in [-0.1, -0.05) is 0 Å². The highest BCUT2D eigenvalue weighted by atomic mass is 16.3. The lowest BCUT2D eigenvalue weighted by atomic mass is 10.0. The maximum absolute atomic E-state index is 12.4. The molecule has 0 amide bonds. The molecule has 0 saturated carbocycles. The number of H-pyrrole nitrogens is 1. The van der Waals surface area contributed by atoms with Crippen molar-refractivity contribution in [2.75, 3.05) is 0 Å². The van der Waals surface area contributed by atoms with Crippen molar-refractivity contribution >= 4 is 5.65 Å². The van der Waals surface area contributed by atoms with Crippen LogP contribution in [0.25, 0.3) is 17.0 Å². The lowest BCUT2D eigenvalue weighted by Crippen LogP contribution is -2.20. The highest BCUT2D eigenvalue weighted by Crippen LogP contribution is 2.29. The van der Waals surface area contributed by atoms with Crippen molar-refractivity contribution in [3.63, 3.8) is 0 Å². The summed E-state index contributed by atoms with van der Waals surface area (Å²) in [6.45, 7) is 3.40. The number of aryl methyl sites for hydroxylation is 2. The molecule has 0 unspecified atom stereocenters. The molecule has 0 bridgehead atoms. The Balaban J connectivity index is 2.57. The molecule has 0 radical (unpaired) electrons. The number of aromatic amines is 1. The standard InChI is InChI=1S/C14H9N5O2/c1-7-3-4-11(21-7)12-9(5-15)13-17-8(2)18-19(13)14(20)10(12)6-16/h3-4H,1-2H3,(H,17,18). The SMILES string of the molecule is Cc1nc2c(C#N)c(-c3ccc(C)o3)c(C#N)c(=O)n2[nH]1. The first-order valence-electron chi connectivity index (χ1n) is 6.09. The number of hydrogen-bond acceptors (Lipinski definition) is 5. The molecule has 0 fully saturated rings. The third-order valence-electron chi connectivity index (χ3n) is 3.11. The summed E-state index contributed by atoms with van der Waals surface area (Å²) in [5.74, 6) is 1.40. The van der Waals surface area contributed by atoms with Crippen LogP contribution in [0, 0.1) is 36.5 Å². The number of fused-ring (bicyclic) bond motifs is 1. The van der Waals surface area contributed by atoms with E-state index in [9.17, 15) is 15.3 Å². The zero-order chi connectivity index (χ0) is 15.1. The Morgan fingerprint density at radius 2 is 1.95 bits per heavy atom. The van der Waals surface area contributed by atoms with Crippen LogP contribution in [0.3, 0.4) is 0 Å². The van der Waals surface area contributed by atoms with Crippen LogP contribution >= 0.6 is 0 Å². The molecule has 3 rings (SSSR count). The number of furan rings is 1. The van der Waals surface area contributed by atoms with E-state index in [-0.39, 0.29) is 22.3 Å². The van der Waals surface area contributed by atoms with Gasteiger partial charge in [0.15, 0.2) is 5.65 Å². The predicted molar refractivity (Wildman–Crippen MR) is 72.4 cm³/mol. The second kappa shape index (κ2) is 4.36. The molecule has 0 aliphatic rings. The molecule has 0 aliphatic carbocycles. The van der Waals surface area contributed by atoms with E-state index >= 15 is 0 Å². The topological polar surface area (TPSA) is 111 Å². The van der Waals surface area contributed by atoms with Crippen LogP contribution in [0.1, 0.15) is 22.7 Å². The predicted octanol–water partition coefficient (Wildman–Crippen LogP) is 1.64. The van der Waals surface area contributed by atoms with Gasteiger partial charge in [0.1, 0.15) is 40.6 Å². The largest absolute Gasteiger partial charge is 0.461 e. The first-order valence-corrected chi connectivity index (χ1v) is 6.09. The summed E-state index contributed by atoms with van der Waals surface area (Å²) < 4.78 is 6.58. The van der Waals surface area contributed by atoms with Gasteiger partial charge in [-0.2, -0.15) is 15.0 Å². The minimum Gasteiger partial charge on any atom is -0.461 e. The van der Waals surface area contributed by atoms with Gasteiger partial charge in [0, 0.05) is 0 Å². The fourth-order valence-corrected chi connectivity index (χ4v) is 2.24. The van der Waals surface area contributed by atoms with E-state index in [1.54, 1.807) is 26.0 Å². The first-order chi connectivity index (χ1) is 10.1. The number of hydrogen-bond donors (Lipinski definition) is 1. The van der Waals surface area contributed by atoms with Gasteiger partial charge in [-0.05, 0) is 26.0 Å². The van der Waals surface area contributed by atoms with Crippen LogP contribution in [0.5, 0.6) is 0 Å². The van der Waals surface area contributed by atoms with Crippen molar-refractivity contribution in [1.82, 2.24) is 14.6 Å². The van der Waals surface area contributed by atoms with Crippen LogP contribution in [0.2, 0.25) is 0 Å². The van der Waals surface area contributed by atoms with Gasteiger partial charge >= 0.3 is 0 Å². The molecule has 0 saturated heterocycles. The second-order valence-electron chi connectivity index (χ2n) is 4.53. The van der Waals surface area contributed by atoms with Crippen LogP contribution in [-0.4, -0.2) is 14.6 Å². The van der Waals surface area contributed by atoms with E-state index in [1.807, 2.05) is 12.1 Å². The molecule has 0 aromatic carbocycles. The zero-order valence-electron chi connectivity index (χ0n) is 11.3. The van der Waals surface area contributed by atoms with Gasteiger partial charge in [-0.15, -0.1) is 0 Å². The number of nitrogens with one attached hydrogen (secondary N) is 1. The molecule has 7 heteroatoms. The zero-order valence-corrected chi connectivity index (χ0v) is 11.3. The summed E-state index contributed by atoms with van der Waals surface area (Å²) in [5.41, 5.74) is -0.212. The van der Waals surface area contributed by atoms with Crippen molar-refractivity contribution < 1.29 is 4.42 Å². The van der Waals surface area contributed by atoms with E-state index in [1.165, 1.54) is 0 Å². The number of nitriles is 2. The van der Waals surface area contributed by atoms with Gasteiger partial charge in [-0.3, -0.25) is 9.89 Å². The molecule has 0 aliphatic heterocycles. The van der Waals surface area contributed by atoms with Gasteiger partial charge in [0.05, 0.1) is 5.56 Å². The average Bonchev–Trinajstić information content (AvgIpc) is 3.04. The van der Waals surface area contributed by atoms with E-state index in [4.69, 9.17) is 4.42 Å². The highest BCUT2D eigenvalue weighted by molar-refractivity contribution is 5.79. The molecule has 0 atom stereocenters. The number of rotatable bonds is 1. The smallest absolute Gasteiger partial charge is 0.289 e. The maximum Gasteiger partial charge on any atom is 0.289 e. The summed E-state index contributed by atoms with van der Waals surface area (Å²) in [6.07, 6.45) is 0. The summed E-state index contributed by atoms with van der Waals surface area (Å²) >= 11 is 0. The second-order valence-corrected chi connectivity index (χ2v) is 4.53. The fourth-order valence-electron chi connectivity index (χ4n) is 2.24. The quantitative estimate of drug-likeness (QED) is 0.727. The summed E-state index contributed by atoms with van der Waals surface area (Å²) in [7, 11) is 0. The molecule has 3 heterocycles. The van der Waals surface area contributed by atoms with E-state index in [0.29, 0.717) is 17.3 Å². The third-order valence-corrected chi connectivity index (χ3v) is 3.11. The number of pyridine rings is 1. The summed E-state index contributed by atoms with van der Waals surface area (Å²) in [5, 5.41) is 21.5. The Hall–Kier alpha value is -3.32. The summed E-state index contributed by atoms with van der Waals surface area (Å²) in [4.78, 5) is 16.5. The minimum absolute atomic E-state index is 0.129. The van der Waals surface area contributed by atoms with Crippen LogP contribution < -0.4 is 5.56 Å². The van der Waals surface area contributed by atoms with Crippen molar-refractivity contribution in [3.8, 4) is 23.5 Å². The van der Waals surface area contributed by atoms with Gasteiger partial charge < -0.3 is 4.42 Å². The number of nitrogens with zero attached hydrogens (tertiary/aromatic N) is 4. The van der Waals surface area contributed by atoms with Gasteiger partial charge in [-0.25, -0.2) is 4.98 Å². The van der Waals surface area contributed by atoms with Crippen molar-refractivity contribution in [2.24, 2.45) is 0 Å². The molecule has 1 N–H and O–H groups in total. The van der Waals surface area contributed by atoms with Crippen molar-refractivity contribution in [2.45, 2.75) is 13.8 Å². The Bertz CT molecular complexity index is 1010. The van der Waals surface area contributed by atoms with Crippen LogP contribution in [-0.2, 0) is 0 Å². The molecule has 102 valence electrons.